The third-order valence-corrected chi connectivity index (χ3v) is 7.20. The van der Waals surface area contributed by atoms with E-state index in [1.54, 1.807) is 7.11 Å². The number of aromatic nitrogens is 3. The number of esters is 1. The van der Waals surface area contributed by atoms with Crippen molar-refractivity contribution in [2.24, 2.45) is 13.0 Å². The van der Waals surface area contributed by atoms with Crippen LogP contribution in [0.1, 0.15) is 23.2 Å². The highest BCUT2D eigenvalue weighted by Crippen LogP contribution is 2.37. The standard InChI is InChI=1S/C30H37N7O3/c1-35(2)12-13-36(3)26-15-27(39-5)24(14-23(26)31)33-30-32-16-21(29(38)40-18-19-10-11-19)28(34-30)22-17-37(4)25-9-7-6-8-20(22)25/h6-9,14-17,19H,10-13,18,31H2,1-5H3,(H,32,33,34). The van der Waals surface area contributed by atoms with Crippen LogP contribution in [0.3, 0.4) is 0 Å². The van der Waals surface area contributed by atoms with Crippen molar-refractivity contribution in [1.29, 1.82) is 0 Å². The summed E-state index contributed by atoms with van der Waals surface area (Å²) in [5, 5.41) is 4.24. The number of hydrogen-bond donors (Lipinski definition) is 2. The van der Waals surface area contributed by atoms with Gasteiger partial charge in [0.1, 0.15) is 11.3 Å². The normalized spacial score (nSPS) is 13.1. The van der Waals surface area contributed by atoms with E-state index in [9.17, 15) is 4.79 Å². The number of anilines is 4. The van der Waals surface area contributed by atoms with Crippen molar-refractivity contribution < 1.29 is 14.3 Å². The zero-order chi connectivity index (χ0) is 28.4. The minimum Gasteiger partial charge on any atom is -0.494 e. The quantitative estimate of drug-likeness (QED) is 0.208. The number of carbonyl (C=O) groups excluding carboxylic acids is 1. The Kier molecular flexibility index (Phi) is 7.79. The highest BCUT2D eigenvalue weighted by molar-refractivity contribution is 6.03. The molecule has 210 valence electrons. The number of para-hydroxylation sites is 1. The number of nitrogen functional groups attached to an aromatic ring is 1. The summed E-state index contributed by atoms with van der Waals surface area (Å²) < 4.78 is 13.3. The van der Waals surface area contributed by atoms with Crippen LogP contribution in [0.5, 0.6) is 5.75 Å². The Bertz CT molecular complexity index is 1530. The van der Waals surface area contributed by atoms with Crippen molar-refractivity contribution >= 4 is 39.9 Å². The predicted octanol–water partition coefficient (Wildman–Crippen LogP) is 4.53. The molecule has 0 spiro atoms. The van der Waals surface area contributed by atoms with Gasteiger partial charge in [-0.1, -0.05) is 18.2 Å². The van der Waals surface area contributed by atoms with Crippen LogP contribution in [0, 0.1) is 5.92 Å². The van der Waals surface area contributed by atoms with Gasteiger partial charge in [0.15, 0.2) is 0 Å². The van der Waals surface area contributed by atoms with Crippen molar-refractivity contribution in [3.8, 4) is 17.0 Å². The first-order valence-electron chi connectivity index (χ1n) is 13.4. The number of benzene rings is 2. The van der Waals surface area contributed by atoms with Crippen molar-refractivity contribution in [2.45, 2.75) is 12.8 Å². The summed E-state index contributed by atoms with van der Waals surface area (Å²) in [7, 11) is 9.66. The number of nitrogens with one attached hydrogen (secondary N) is 1. The fraction of sp³-hybridized carbons (Fsp3) is 0.367. The number of methoxy groups -OCH3 is 1. The lowest BCUT2D eigenvalue weighted by atomic mass is 10.1. The molecule has 0 aliphatic heterocycles. The van der Waals surface area contributed by atoms with E-state index in [2.05, 4.69) is 20.1 Å². The molecule has 0 saturated heterocycles. The Morgan fingerprint density at radius 3 is 2.67 bits per heavy atom. The number of likely N-dealkylation sites (N-methyl/N-ethyl adjacent to an activating group) is 2. The smallest absolute Gasteiger partial charge is 0.341 e. The van der Waals surface area contributed by atoms with Gasteiger partial charge >= 0.3 is 5.97 Å². The van der Waals surface area contributed by atoms with E-state index >= 15 is 0 Å². The predicted molar refractivity (Wildman–Crippen MR) is 159 cm³/mol. The fourth-order valence-corrected chi connectivity index (χ4v) is 4.66. The SMILES string of the molecule is COc1cc(N(C)CCN(C)C)c(N)cc1Nc1ncc(C(=O)OCC2CC2)c(-c2cn(C)c3ccccc23)n1. The third-order valence-electron chi connectivity index (χ3n) is 7.20. The lowest BCUT2D eigenvalue weighted by Gasteiger charge is -2.24. The maximum Gasteiger partial charge on any atom is 0.341 e. The van der Waals surface area contributed by atoms with Gasteiger partial charge < -0.3 is 34.9 Å². The van der Waals surface area contributed by atoms with Gasteiger partial charge in [0.05, 0.1) is 36.5 Å². The molecular formula is C30H37N7O3. The van der Waals surface area contributed by atoms with Crippen molar-refractivity contribution in [2.75, 3.05) is 63.9 Å². The van der Waals surface area contributed by atoms with Gasteiger partial charge in [-0.05, 0) is 45.0 Å². The number of nitrogens with two attached hydrogens (primary N) is 1. The second kappa shape index (κ2) is 11.4. The summed E-state index contributed by atoms with van der Waals surface area (Å²) in [5.74, 6) is 0.945. The highest BCUT2D eigenvalue weighted by Gasteiger charge is 2.26. The van der Waals surface area contributed by atoms with Gasteiger partial charge in [0.25, 0.3) is 0 Å². The minimum absolute atomic E-state index is 0.313. The Morgan fingerprint density at radius 2 is 1.95 bits per heavy atom. The van der Waals surface area contributed by atoms with Gasteiger partial charge in [-0.25, -0.2) is 14.8 Å². The number of carbonyl (C=O) groups is 1. The maximum atomic E-state index is 13.2. The number of rotatable bonds is 11. The number of fused-ring (bicyclic) bond motifs is 1. The average molecular weight is 544 g/mol. The first-order valence-corrected chi connectivity index (χ1v) is 13.4. The van der Waals surface area contributed by atoms with Crippen LogP contribution < -0.4 is 20.7 Å². The lowest BCUT2D eigenvalue weighted by molar-refractivity contribution is 0.0486. The first kappa shape index (κ1) is 27.3. The molecule has 2 aromatic carbocycles. The molecular weight excluding hydrogens is 506 g/mol. The van der Waals surface area contributed by atoms with E-state index in [4.69, 9.17) is 20.2 Å². The summed E-state index contributed by atoms with van der Waals surface area (Å²) in [4.78, 5) is 26.7. The van der Waals surface area contributed by atoms with Crippen molar-refractivity contribution in [3.05, 3.63) is 54.4 Å². The second-order valence-corrected chi connectivity index (χ2v) is 10.6. The van der Waals surface area contributed by atoms with Crippen LogP contribution in [-0.4, -0.2) is 73.4 Å². The van der Waals surface area contributed by atoms with Crippen molar-refractivity contribution in [3.63, 3.8) is 0 Å². The zero-order valence-corrected chi connectivity index (χ0v) is 23.8. The molecule has 1 saturated carbocycles. The molecule has 2 aromatic heterocycles. The maximum absolute atomic E-state index is 13.2. The molecule has 1 fully saturated rings. The molecule has 10 heteroatoms. The molecule has 3 N–H and O–H groups in total. The van der Waals surface area contributed by atoms with Crippen LogP contribution in [0.25, 0.3) is 22.2 Å². The van der Waals surface area contributed by atoms with Crippen LogP contribution in [0.15, 0.2) is 48.8 Å². The summed E-state index contributed by atoms with van der Waals surface area (Å²) in [6.45, 7) is 2.11. The van der Waals surface area contributed by atoms with Gasteiger partial charge in [-0.15, -0.1) is 0 Å². The summed E-state index contributed by atoms with van der Waals surface area (Å²) >= 11 is 0. The fourth-order valence-electron chi connectivity index (χ4n) is 4.66. The second-order valence-electron chi connectivity index (χ2n) is 10.6. The summed E-state index contributed by atoms with van der Waals surface area (Å²) in [6.07, 6.45) is 5.70. The molecule has 4 aromatic rings. The molecule has 10 nitrogen and oxygen atoms in total. The van der Waals surface area contributed by atoms with E-state index in [1.807, 2.05) is 75.4 Å². The molecule has 0 unspecified atom stereocenters. The monoisotopic (exact) mass is 543 g/mol. The number of hydrogen-bond acceptors (Lipinski definition) is 9. The molecule has 0 amide bonds. The Hall–Kier alpha value is -4.31. The Labute approximate surface area is 234 Å². The first-order chi connectivity index (χ1) is 19.2. The minimum atomic E-state index is -0.423. The molecule has 0 radical (unpaired) electrons. The summed E-state index contributed by atoms with van der Waals surface area (Å²) in [5.41, 5.74) is 11.2. The summed E-state index contributed by atoms with van der Waals surface area (Å²) in [6, 6.07) is 11.7. The van der Waals surface area contributed by atoms with E-state index in [1.165, 1.54) is 6.20 Å². The molecule has 0 bridgehead atoms. The van der Waals surface area contributed by atoms with Crippen LogP contribution >= 0.6 is 0 Å². The highest BCUT2D eigenvalue weighted by atomic mass is 16.5. The van der Waals surface area contributed by atoms with Crippen LogP contribution in [-0.2, 0) is 11.8 Å². The molecule has 5 rings (SSSR count). The third kappa shape index (κ3) is 5.81. The number of aryl methyl sites for hydroxylation is 1. The van der Waals surface area contributed by atoms with Crippen LogP contribution in [0.4, 0.5) is 23.0 Å². The molecule has 40 heavy (non-hydrogen) atoms. The van der Waals surface area contributed by atoms with E-state index in [0.29, 0.717) is 46.9 Å². The number of ether oxygens (including phenoxy) is 2. The molecule has 2 heterocycles. The largest absolute Gasteiger partial charge is 0.494 e. The number of nitrogens with zero attached hydrogens (tertiary/aromatic N) is 5. The van der Waals surface area contributed by atoms with E-state index in [0.717, 1.165) is 48.1 Å². The molecule has 0 atom stereocenters. The van der Waals surface area contributed by atoms with Gasteiger partial charge in [0, 0.05) is 62.1 Å². The lowest BCUT2D eigenvalue weighted by Crippen LogP contribution is -2.29. The van der Waals surface area contributed by atoms with Gasteiger partial charge in [0.2, 0.25) is 5.95 Å². The van der Waals surface area contributed by atoms with Crippen molar-refractivity contribution in [1.82, 2.24) is 19.4 Å². The van der Waals surface area contributed by atoms with Crippen LogP contribution in [0.2, 0.25) is 0 Å². The topological polar surface area (TPSA) is 111 Å². The zero-order valence-electron chi connectivity index (χ0n) is 23.8. The molecule has 1 aliphatic carbocycles. The average Bonchev–Trinajstić information content (AvgIpc) is 3.72. The van der Waals surface area contributed by atoms with Gasteiger partial charge in [-0.3, -0.25) is 0 Å². The molecule has 1 aliphatic rings. The van der Waals surface area contributed by atoms with E-state index < -0.39 is 5.97 Å². The van der Waals surface area contributed by atoms with Gasteiger partial charge in [-0.2, -0.15) is 0 Å². The Morgan fingerprint density at radius 1 is 1.18 bits per heavy atom. The van der Waals surface area contributed by atoms with E-state index in [-0.39, 0.29) is 0 Å². The Balaban J connectivity index is 1.51.